The molecule has 5 heteroatoms. The lowest BCUT2D eigenvalue weighted by molar-refractivity contribution is -0.139. The second kappa shape index (κ2) is 4.72. The molecule has 0 aromatic heterocycles. The minimum atomic E-state index is -1.00. The number of carbonyl (C=O) groups excluding carboxylic acids is 1. The highest BCUT2D eigenvalue weighted by Crippen LogP contribution is 2.33. The molecule has 1 amide bonds. The van der Waals surface area contributed by atoms with Crippen LogP contribution in [0.4, 0.5) is 4.79 Å². The van der Waals surface area contributed by atoms with Crippen molar-refractivity contribution in [1.82, 2.24) is 5.32 Å². The predicted molar refractivity (Wildman–Crippen MR) is 58.1 cm³/mol. The fraction of sp³-hybridized carbons (Fsp3) is 0.818. The molecule has 16 heavy (non-hydrogen) atoms. The molecule has 1 saturated carbocycles. The van der Waals surface area contributed by atoms with Crippen LogP contribution in [0.1, 0.15) is 40.0 Å². The smallest absolute Gasteiger partial charge is 0.408 e. The van der Waals surface area contributed by atoms with Crippen LogP contribution in [-0.2, 0) is 9.53 Å². The Labute approximate surface area is 95.2 Å². The van der Waals surface area contributed by atoms with Gasteiger partial charge in [0.15, 0.2) is 0 Å². The predicted octanol–water partition coefficient (Wildman–Crippen LogP) is 1.76. The molecule has 0 aromatic rings. The number of carboxylic acid groups (broad SMARTS) is 1. The Hall–Kier alpha value is -1.26. The summed E-state index contributed by atoms with van der Waals surface area (Å²) in [5, 5.41) is 11.3. The first-order valence-corrected chi connectivity index (χ1v) is 5.50. The van der Waals surface area contributed by atoms with Gasteiger partial charge in [-0.1, -0.05) is 12.8 Å². The number of amides is 1. The Morgan fingerprint density at radius 2 is 2.00 bits per heavy atom. The van der Waals surface area contributed by atoms with Crippen LogP contribution in [0.5, 0.6) is 0 Å². The lowest BCUT2D eigenvalue weighted by Crippen LogP contribution is -2.43. The first kappa shape index (κ1) is 12.8. The molecule has 0 heterocycles. The summed E-state index contributed by atoms with van der Waals surface area (Å²) in [5.74, 6) is -0.561. The van der Waals surface area contributed by atoms with Gasteiger partial charge in [0, 0.05) is 0 Å². The Bertz CT molecular complexity index is 278. The van der Waals surface area contributed by atoms with E-state index >= 15 is 0 Å². The summed E-state index contributed by atoms with van der Waals surface area (Å²) in [6.45, 7) is 5.22. The molecule has 0 bridgehead atoms. The first-order chi connectivity index (χ1) is 7.28. The van der Waals surface area contributed by atoms with E-state index in [1.54, 1.807) is 20.8 Å². The van der Waals surface area contributed by atoms with Gasteiger partial charge in [0.25, 0.3) is 0 Å². The van der Waals surface area contributed by atoms with E-state index in [2.05, 4.69) is 5.32 Å². The number of carboxylic acids is 1. The van der Waals surface area contributed by atoms with Crippen molar-refractivity contribution in [3.63, 3.8) is 0 Å². The maximum Gasteiger partial charge on any atom is 0.408 e. The van der Waals surface area contributed by atoms with E-state index in [0.29, 0.717) is 12.3 Å². The average Bonchev–Trinajstić information content (AvgIpc) is 2.82. The molecule has 0 unspecified atom stereocenters. The van der Waals surface area contributed by atoms with Crippen LogP contribution in [0.15, 0.2) is 0 Å². The second-order valence-corrected chi connectivity index (χ2v) is 5.22. The summed E-state index contributed by atoms with van der Waals surface area (Å²) >= 11 is 0. The first-order valence-electron chi connectivity index (χ1n) is 5.50. The second-order valence-electron chi connectivity index (χ2n) is 5.22. The molecule has 0 saturated heterocycles. The summed E-state index contributed by atoms with van der Waals surface area (Å²) in [7, 11) is 0. The van der Waals surface area contributed by atoms with Gasteiger partial charge in [-0.05, 0) is 33.1 Å². The molecule has 1 aliphatic carbocycles. The molecule has 0 radical (unpaired) electrons. The Morgan fingerprint density at radius 1 is 1.44 bits per heavy atom. The van der Waals surface area contributed by atoms with Crippen LogP contribution in [0.3, 0.4) is 0 Å². The van der Waals surface area contributed by atoms with Crippen molar-refractivity contribution in [2.24, 2.45) is 5.92 Å². The topological polar surface area (TPSA) is 75.6 Å². The summed E-state index contributed by atoms with van der Waals surface area (Å²) in [5.41, 5.74) is -0.604. The monoisotopic (exact) mass is 229 g/mol. The van der Waals surface area contributed by atoms with Crippen molar-refractivity contribution in [1.29, 1.82) is 0 Å². The quantitative estimate of drug-likeness (QED) is 0.770. The third-order valence-corrected chi connectivity index (χ3v) is 2.26. The van der Waals surface area contributed by atoms with Crippen LogP contribution in [0.25, 0.3) is 0 Å². The van der Waals surface area contributed by atoms with Gasteiger partial charge >= 0.3 is 12.1 Å². The average molecular weight is 229 g/mol. The van der Waals surface area contributed by atoms with E-state index < -0.39 is 23.7 Å². The van der Waals surface area contributed by atoms with E-state index in [4.69, 9.17) is 9.84 Å². The molecule has 1 rings (SSSR count). The van der Waals surface area contributed by atoms with Gasteiger partial charge in [-0.25, -0.2) is 9.59 Å². The fourth-order valence-electron chi connectivity index (χ4n) is 1.36. The van der Waals surface area contributed by atoms with Gasteiger partial charge in [0.2, 0.25) is 0 Å². The zero-order chi connectivity index (χ0) is 12.3. The van der Waals surface area contributed by atoms with Crippen molar-refractivity contribution in [3.8, 4) is 0 Å². The number of nitrogens with one attached hydrogen (secondary N) is 1. The third kappa shape index (κ3) is 5.00. The van der Waals surface area contributed by atoms with E-state index in [1.165, 1.54) is 0 Å². The van der Waals surface area contributed by atoms with E-state index in [9.17, 15) is 9.59 Å². The maximum absolute atomic E-state index is 11.4. The fourth-order valence-corrected chi connectivity index (χ4v) is 1.36. The molecular formula is C11H19NO4. The molecule has 0 aliphatic heterocycles. The van der Waals surface area contributed by atoms with Crippen LogP contribution < -0.4 is 5.32 Å². The van der Waals surface area contributed by atoms with Gasteiger partial charge < -0.3 is 15.2 Å². The van der Waals surface area contributed by atoms with Gasteiger partial charge in [-0.2, -0.15) is 0 Å². The summed E-state index contributed by atoms with van der Waals surface area (Å²) < 4.78 is 5.01. The standard InChI is InChI=1S/C11H19NO4/c1-11(2,3)16-10(15)12-8(9(13)14)6-7-4-5-7/h7-8H,4-6H2,1-3H3,(H,12,15)(H,13,14)/t8-/m0/s1. The summed E-state index contributed by atoms with van der Waals surface area (Å²) in [6.07, 6.45) is 1.94. The molecule has 1 fully saturated rings. The number of hydrogen-bond acceptors (Lipinski definition) is 3. The number of aliphatic carboxylic acids is 1. The normalized spacial score (nSPS) is 17.7. The van der Waals surface area contributed by atoms with E-state index in [-0.39, 0.29) is 0 Å². The Kier molecular flexibility index (Phi) is 3.78. The van der Waals surface area contributed by atoms with Crippen molar-refractivity contribution in [2.75, 3.05) is 0 Å². The highest BCUT2D eigenvalue weighted by molar-refractivity contribution is 5.80. The van der Waals surface area contributed by atoms with Crippen LogP contribution in [0, 0.1) is 5.92 Å². The maximum atomic E-state index is 11.4. The number of rotatable bonds is 4. The van der Waals surface area contributed by atoms with Crippen molar-refractivity contribution < 1.29 is 19.4 Å². The third-order valence-electron chi connectivity index (χ3n) is 2.26. The van der Waals surface area contributed by atoms with Gasteiger partial charge in [-0.15, -0.1) is 0 Å². The van der Waals surface area contributed by atoms with Crippen LogP contribution >= 0.6 is 0 Å². The molecule has 2 N–H and O–H groups in total. The number of alkyl carbamates (subject to hydrolysis) is 1. The van der Waals surface area contributed by atoms with Crippen LogP contribution in [0.2, 0.25) is 0 Å². The van der Waals surface area contributed by atoms with Crippen LogP contribution in [-0.4, -0.2) is 28.8 Å². The number of carbonyl (C=O) groups is 2. The highest BCUT2D eigenvalue weighted by Gasteiger charge is 2.31. The minimum Gasteiger partial charge on any atom is -0.480 e. The Balaban J connectivity index is 2.41. The summed E-state index contributed by atoms with van der Waals surface area (Å²) in [6, 6.07) is -0.831. The largest absolute Gasteiger partial charge is 0.480 e. The SMILES string of the molecule is CC(C)(C)OC(=O)N[C@@H](CC1CC1)C(=O)O. The molecule has 0 spiro atoms. The van der Waals surface area contributed by atoms with Crippen molar-refractivity contribution in [2.45, 2.75) is 51.7 Å². The highest BCUT2D eigenvalue weighted by atomic mass is 16.6. The minimum absolute atomic E-state index is 0.441. The summed E-state index contributed by atoms with van der Waals surface area (Å²) in [4.78, 5) is 22.3. The molecule has 1 aliphatic rings. The zero-order valence-corrected chi connectivity index (χ0v) is 9.95. The van der Waals surface area contributed by atoms with Gasteiger partial charge in [0.1, 0.15) is 11.6 Å². The van der Waals surface area contributed by atoms with E-state index in [0.717, 1.165) is 12.8 Å². The van der Waals surface area contributed by atoms with E-state index in [1.807, 2.05) is 0 Å². The van der Waals surface area contributed by atoms with Crippen molar-refractivity contribution >= 4 is 12.1 Å². The lowest BCUT2D eigenvalue weighted by atomic mass is 10.1. The van der Waals surface area contributed by atoms with Gasteiger partial charge in [-0.3, -0.25) is 0 Å². The Morgan fingerprint density at radius 3 is 2.38 bits per heavy atom. The van der Waals surface area contributed by atoms with Gasteiger partial charge in [0.05, 0.1) is 0 Å². The molecule has 0 aromatic carbocycles. The number of ether oxygens (including phenoxy) is 1. The number of hydrogen-bond donors (Lipinski definition) is 2. The van der Waals surface area contributed by atoms with Crippen molar-refractivity contribution in [3.05, 3.63) is 0 Å². The lowest BCUT2D eigenvalue weighted by Gasteiger charge is -2.21. The molecular weight excluding hydrogens is 210 g/mol. The molecule has 92 valence electrons. The zero-order valence-electron chi connectivity index (χ0n) is 9.95. The molecule has 1 atom stereocenters. The molecule has 5 nitrogen and oxygen atoms in total.